The minimum absolute atomic E-state index is 0.0285. The molecule has 160 valence electrons. The Kier molecular flexibility index (Phi) is 9.13. The smallest absolute Gasteiger partial charge is 0.433 e. The van der Waals surface area contributed by atoms with E-state index in [4.69, 9.17) is 13.9 Å². The summed E-state index contributed by atoms with van der Waals surface area (Å²) in [5.41, 5.74) is 0. The van der Waals surface area contributed by atoms with Gasteiger partial charge in [-0.15, -0.1) is 0 Å². The molecule has 1 aliphatic heterocycles. The molecule has 0 spiro atoms. The second kappa shape index (κ2) is 11.8. The Hall–Kier alpha value is -2.91. The van der Waals surface area contributed by atoms with Crippen LogP contribution in [0, 0.1) is 10.1 Å². The van der Waals surface area contributed by atoms with Gasteiger partial charge in [0.1, 0.15) is 11.5 Å². The minimum atomic E-state index is -0.685. The first-order valence-corrected chi connectivity index (χ1v) is 9.91. The zero-order chi connectivity index (χ0) is 21.1. The van der Waals surface area contributed by atoms with Crippen molar-refractivity contribution in [3.63, 3.8) is 0 Å². The van der Waals surface area contributed by atoms with Gasteiger partial charge in [0.15, 0.2) is 11.9 Å². The Bertz CT molecular complexity index is 716. The van der Waals surface area contributed by atoms with Crippen molar-refractivity contribution in [2.45, 2.75) is 64.4 Å². The topological polar surface area (TPSA) is 124 Å². The SMILES string of the molecule is CCCCCCCCCC(=O)OCC1CN(N=Cc2ccc([N+](=O)[O-])o2)C(=O)O1. The van der Waals surface area contributed by atoms with E-state index in [2.05, 4.69) is 12.0 Å². The van der Waals surface area contributed by atoms with E-state index < -0.39 is 23.0 Å². The summed E-state index contributed by atoms with van der Waals surface area (Å²) in [6.07, 6.45) is 8.07. The van der Waals surface area contributed by atoms with Gasteiger partial charge < -0.3 is 13.9 Å². The molecule has 1 amide bonds. The lowest BCUT2D eigenvalue weighted by Gasteiger charge is -2.09. The largest absolute Gasteiger partial charge is 0.462 e. The molecule has 10 heteroatoms. The highest BCUT2D eigenvalue weighted by molar-refractivity contribution is 5.78. The Morgan fingerprint density at radius 2 is 2.03 bits per heavy atom. The summed E-state index contributed by atoms with van der Waals surface area (Å²) < 4.78 is 15.2. The molecular formula is C19H27N3O7. The number of hydrogen-bond acceptors (Lipinski definition) is 8. The second-order valence-electron chi connectivity index (χ2n) is 6.82. The van der Waals surface area contributed by atoms with Crippen molar-refractivity contribution in [1.29, 1.82) is 0 Å². The molecule has 0 aromatic carbocycles. The number of esters is 1. The van der Waals surface area contributed by atoms with Crippen molar-refractivity contribution in [3.05, 3.63) is 28.0 Å². The molecule has 1 saturated heterocycles. The molecule has 1 aromatic rings. The van der Waals surface area contributed by atoms with E-state index >= 15 is 0 Å². The van der Waals surface area contributed by atoms with Crippen molar-refractivity contribution < 1.29 is 28.4 Å². The summed E-state index contributed by atoms with van der Waals surface area (Å²) in [5.74, 6) is -0.588. The first kappa shape index (κ1) is 22.4. The van der Waals surface area contributed by atoms with E-state index in [1.165, 1.54) is 44.0 Å². The first-order valence-electron chi connectivity index (χ1n) is 9.91. The van der Waals surface area contributed by atoms with E-state index in [1.54, 1.807) is 0 Å². The molecule has 0 saturated carbocycles. The number of carbonyl (C=O) groups excluding carboxylic acids is 2. The fourth-order valence-electron chi connectivity index (χ4n) is 2.81. The lowest BCUT2D eigenvalue weighted by atomic mass is 10.1. The van der Waals surface area contributed by atoms with Crippen LogP contribution in [0.5, 0.6) is 0 Å². The average molecular weight is 409 g/mol. The van der Waals surface area contributed by atoms with Crippen LogP contribution in [0.4, 0.5) is 10.7 Å². The molecule has 0 bridgehead atoms. The standard InChI is InChI=1S/C19H27N3O7/c1-2-3-4-5-6-7-8-9-18(23)27-14-16-13-21(19(24)29-16)20-12-15-10-11-17(28-15)22(25)26/h10-12,16H,2-9,13-14H2,1H3. The lowest BCUT2D eigenvalue weighted by Crippen LogP contribution is -2.23. The van der Waals surface area contributed by atoms with Crippen molar-refractivity contribution in [2.75, 3.05) is 13.2 Å². The zero-order valence-corrected chi connectivity index (χ0v) is 16.6. The number of unbranched alkanes of at least 4 members (excludes halogenated alkanes) is 6. The molecule has 29 heavy (non-hydrogen) atoms. The van der Waals surface area contributed by atoms with Crippen LogP contribution < -0.4 is 0 Å². The molecule has 2 heterocycles. The van der Waals surface area contributed by atoms with E-state index in [0.717, 1.165) is 24.3 Å². The summed E-state index contributed by atoms with van der Waals surface area (Å²) in [6.45, 7) is 2.26. The number of nitrogens with zero attached hydrogens (tertiary/aromatic N) is 3. The van der Waals surface area contributed by atoms with E-state index in [-0.39, 0.29) is 24.9 Å². The van der Waals surface area contributed by atoms with Crippen LogP contribution in [0.3, 0.4) is 0 Å². The number of hydrazone groups is 1. The molecule has 0 radical (unpaired) electrons. The number of hydrogen-bond donors (Lipinski definition) is 0. The predicted molar refractivity (Wildman–Crippen MR) is 104 cm³/mol. The molecule has 1 aliphatic rings. The minimum Gasteiger partial charge on any atom is -0.462 e. The van der Waals surface area contributed by atoms with Gasteiger partial charge in [0.25, 0.3) is 0 Å². The quantitative estimate of drug-likeness (QED) is 0.158. The summed E-state index contributed by atoms with van der Waals surface area (Å²) in [6, 6.07) is 2.56. The normalized spacial score (nSPS) is 16.4. The zero-order valence-electron chi connectivity index (χ0n) is 16.6. The fraction of sp³-hybridized carbons (Fsp3) is 0.632. The van der Waals surface area contributed by atoms with Gasteiger partial charge in [-0.3, -0.25) is 14.9 Å². The van der Waals surface area contributed by atoms with Crippen molar-refractivity contribution in [2.24, 2.45) is 5.10 Å². The van der Waals surface area contributed by atoms with Gasteiger partial charge in [-0.05, 0) is 12.5 Å². The van der Waals surface area contributed by atoms with Gasteiger partial charge in [-0.2, -0.15) is 10.1 Å². The second-order valence-corrected chi connectivity index (χ2v) is 6.82. The Morgan fingerprint density at radius 1 is 1.31 bits per heavy atom. The molecule has 1 unspecified atom stereocenters. The number of cyclic esters (lactones) is 1. The highest BCUT2D eigenvalue weighted by Crippen LogP contribution is 2.16. The third-order valence-electron chi connectivity index (χ3n) is 4.39. The number of nitro groups is 1. The number of ether oxygens (including phenoxy) is 2. The molecule has 2 rings (SSSR count). The molecule has 10 nitrogen and oxygen atoms in total. The van der Waals surface area contributed by atoms with Crippen molar-refractivity contribution in [1.82, 2.24) is 5.01 Å². The van der Waals surface area contributed by atoms with Gasteiger partial charge in [0, 0.05) is 6.42 Å². The summed E-state index contributed by atoms with van der Waals surface area (Å²) >= 11 is 0. The van der Waals surface area contributed by atoms with E-state index in [1.807, 2.05) is 0 Å². The fourth-order valence-corrected chi connectivity index (χ4v) is 2.81. The van der Waals surface area contributed by atoms with Gasteiger partial charge >= 0.3 is 17.9 Å². The van der Waals surface area contributed by atoms with Gasteiger partial charge in [0.05, 0.1) is 18.8 Å². The number of carbonyl (C=O) groups is 2. The van der Waals surface area contributed by atoms with Crippen molar-refractivity contribution >= 4 is 24.2 Å². The Labute approximate surface area is 169 Å². The average Bonchev–Trinajstić information content (AvgIpc) is 3.30. The van der Waals surface area contributed by atoms with Crippen LogP contribution in [0.15, 0.2) is 21.7 Å². The molecule has 0 N–H and O–H groups in total. The number of rotatable bonds is 13. The van der Waals surface area contributed by atoms with Gasteiger partial charge in [-0.25, -0.2) is 4.79 Å². The Morgan fingerprint density at radius 3 is 2.72 bits per heavy atom. The summed E-state index contributed by atoms with van der Waals surface area (Å²) in [5, 5.41) is 15.5. The van der Waals surface area contributed by atoms with Crippen LogP contribution in [0.25, 0.3) is 0 Å². The maximum Gasteiger partial charge on any atom is 0.433 e. The van der Waals surface area contributed by atoms with Crippen molar-refractivity contribution in [3.8, 4) is 0 Å². The van der Waals surface area contributed by atoms with E-state index in [9.17, 15) is 19.7 Å². The first-order chi connectivity index (χ1) is 14.0. The summed E-state index contributed by atoms with van der Waals surface area (Å²) in [7, 11) is 0. The summed E-state index contributed by atoms with van der Waals surface area (Å²) in [4.78, 5) is 33.5. The van der Waals surface area contributed by atoms with Crippen LogP contribution in [-0.4, -0.2) is 47.5 Å². The third-order valence-corrected chi connectivity index (χ3v) is 4.39. The highest BCUT2D eigenvalue weighted by atomic mass is 16.6. The molecule has 1 aromatic heterocycles. The van der Waals surface area contributed by atoms with Crippen LogP contribution >= 0.6 is 0 Å². The molecule has 1 fully saturated rings. The van der Waals surface area contributed by atoms with Gasteiger partial charge in [-0.1, -0.05) is 45.4 Å². The predicted octanol–water partition coefficient (Wildman–Crippen LogP) is 4.03. The highest BCUT2D eigenvalue weighted by Gasteiger charge is 2.32. The lowest BCUT2D eigenvalue weighted by molar-refractivity contribution is -0.402. The van der Waals surface area contributed by atoms with E-state index in [0.29, 0.717) is 6.42 Å². The third kappa shape index (κ3) is 7.92. The monoisotopic (exact) mass is 409 g/mol. The number of amides is 1. The van der Waals surface area contributed by atoms with Crippen LogP contribution in [0.1, 0.15) is 64.1 Å². The maximum absolute atomic E-state index is 11.8. The molecular weight excluding hydrogens is 382 g/mol. The Balaban J connectivity index is 1.63. The van der Waals surface area contributed by atoms with Crippen LogP contribution in [0.2, 0.25) is 0 Å². The molecule has 0 aliphatic carbocycles. The molecule has 1 atom stereocenters. The maximum atomic E-state index is 11.8. The van der Waals surface area contributed by atoms with Crippen LogP contribution in [-0.2, 0) is 14.3 Å². The number of furan rings is 1. The van der Waals surface area contributed by atoms with Gasteiger partial charge in [0.2, 0.25) is 0 Å².